The molecule has 0 atom stereocenters. The lowest BCUT2D eigenvalue weighted by molar-refractivity contribution is -0.114. The average molecular weight is 637 g/mol. The number of fused-ring (bicyclic) bond motifs is 6. The molecule has 0 bridgehead atoms. The summed E-state index contributed by atoms with van der Waals surface area (Å²) in [5, 5.41) is 15.5. The molecule has 0 saturated heterocycles. The van der Waals surface area contributed by atoms with E-state index in [1.165, 1.54) is 6.08 Å². The number of para-hydroxylation sites is 2. The zero-order chi connectivity index (χ0) is 33.5. The van der Waals surface area contributed by atoms with E-state index in [-0.39, 0.29) is 28.2 Å². The van der Waals surface area contributed by atoms with Crippen molar-refractivity contribution in [2.45, 2.75) is 0 Å². The third kappa shape index (κ3) is 4.94. The Morgan fingerprint density at radius 3 is 1.90 bits per heavy atom. The third-order valence-corrected chi connectivity index (χ3v) is 8.89. The molecular formula is C43H28N2O4. The van der Waals surface area contributed by atoms with Crippen LogP contribution in [0.25, 0.3) is 44.2 Å². The highest BCUT2D eigenvalue weighted by molar-refractivity contribution is 6.38. The van der Waals surface area contributed by atoms with E-state index in [4.69, 9.17) is 0 Å². The van der Waals surface area contributed by atoms with Crippen LogP contribution in [0, 0.1) is 0 Å². The summed E-state index contributed by atoms with van der Waals surface area (Å²) in [6, 6.07) is 41.5. The molecule has 1 amide bonds. The minimum atomic E-state index is -0.432. The Kier molecular flexibility index (Phi) is 7.31. The third-order valence-electron chi connectivity index (χ3n) is 8.89. The number of aromatic hydroxyl groups is 1. The number of anilines is 2. The van der Waals surface area contributed by atoms with Gasteiger partial charge in [0, 0.05) is 33.1 Å². The molecule has 0 saturated carbocycles. The normalized spacial score (nSPS) is 14.2. The average Bonchev–Trinajstić information content (AvgIpc) is 3.14. The van der Waals surface area contributed by atoms with Crippen LogP contribution in [0.1, 0.15) is 15.9 Å². The summed E-state index contributed by atoms with van der Waals surface area (Å²) < 4.78 is 1.63. The van der Waals surface area contributed by atoms with Gasteiger partial charge >= 0.3 is 0 Å². The Labute approximate surface area is 281 Å². The highest BCUT2D eigenvalue weighted by Crippen LogP contribution is 2.41. The fraction of sp³-hybridized carbons (Fsp3) is 0. The van der Waals surface area contributed by atoms with Gasteiger partial charge in [-0.1, -0.05) is 115 Å². The number of ketones is 1. The van der Waals surface area contributed by atoms with Crippen molar-refractivity contribution in [2.75, 3.05) is 4.90 Å². The minimum absolute atomic E-state index is 0.0168. The number of pyridine rings is 1. The molecule has 1 aliphatic heterocycles. The van der Waals surface area contributed by atoms with Crippen molar-refractivity contribution in [3.63, 3.8) is 0 Å². The van der Waals surface area contributed by atoms with Crippen molar-refractivity contribution < 1.29 is 14.7 Å². The molecule has 1 aromatic heterocycles. The Morgan fingerprint density at radius 1 is 0.551 bits per heavy atom. The Bertz CT molecular complexity index is 2620. The zero-order valence-corrected chi connectivity index (χ0v) is 26.2. The van der Waals surface area contributed by atoms with Gasteiger partial charge in [0.2, 0.25) is 5.78 Å². The van der Waals surface area contributed by atoms with Gasteiger partial charge in [-0.2, -0.15) is 0 Å². The second kappa shape index (κ2) is 12.1. The van der Waals surface area contributed by atoms with Crippen LogP contribution >= 0.6 is 0 Å². The number of nitrogens with zero attached hydrogens (tertiary/aromatic N) is 2. The first-order chi connectivity index (χ1) is 24.0. The number of benzene rings is 6. The van der Waals surface area contributed by atoms with E-state index in [0.29, 0.717) is 33.5 Å². The molecule has 1 aliphatic rings. The maximum absolute atomic E-state index is 14.0. The van der Waals surface area contributed by atoms with Gasteiger partial charge in [-0.15, -0.1) is 0 Å². The smallest absolute Gasteiger partial charge is 0.266 e. The van der Waals surface area contributed by atoms with Crippen molar-refractivity contribution >= 4 is 61.6 Å². The van der Waals surface area contributed by atoms with Crippen LogP contribution < -0.4 is 10.5 Å². The predicted molar refractivity (Wildman–Crippen MR) is 197 cm³/mol. The van der Waals surface area contributed by atoms with E-state index < -0.39 is 5.91 Å². The molecule has 1 N–H and O–H groups in total. The van der Waals surface area contributed by atoms with E-state index in [1.54, 1.807) is 39.8 Å². The van der Waals surface area contributed by atoms with Crippen molar-refractivity contribution in [1.29, 1.82) is 0 Å². The predicted octanol–water partition coefficient (Wildman–Crippen LogP) is 9.06. The van der Waals surface area contributed by atoms with Gasteiger partial charge in [0.25, 0.3) is 11.5 Å². The highest BCUT2D eigenvalue weighted by atomic mass is 16.3. The molecule has 2 heterocycles. The van der Waals surface area contributed by atoms with Gasteiger partial charge < -0.3 is 5.11 Å². The van der Waals surface area contributed by atoms with Gasteiger partial charge in [0.15, 0.2) is 0 Å². The van der Waals surface area contributed by atoms with E-state index in [2.05, 4.69) is 0 Å². The highest BCUT2D eigenvalue weighted by Gasteiger charge is 2.36. The minimum Gasteiger partial charge on any atom is -0.506 e. The van der Waals surface area contributed by atoms with Crippen LogP contribution in [0.4, 0.5) is 11.4 Å². The zero-order valence-electron chi connectivity index (χ0n) is 26.2. The molecule has 7 aromatic rings. The summed E-state index contributed by atoms with van der Waals surface area (Å²) in [6.45, 7) is 0. The van der Waals surface area contributed by atoms with Gasteiger partial charge in [0.1, 0.15) is 5.75 Å². The molecule has 0 radical (unpaired) electrons. The Hall–Kier alpha value is -6.79. The molecule has 0 unspecified atom stereocenters. The molecule has 49 heavy (non-hydrogen) atoms. The molecule has 6 heteroatoms. The lowest BCUT2D eigenvalue weighted by Gasteiger charge is -2.31. The Balaban J connectivity index is 1.20. The second-order valence-electron chi connectivity index (χ2n) is 11.7. The summed E-state index contributed by atoms with van der Waals surface area (Å²) in [5.74, 6) is -0.920. The second-order valence-corrected chi connectivity index (χ2v) is 11.7. The molecule has 8 rings (SSSR count). The lowest BCUT2D eigenvalue weighted by atomic mass is 9.91. The number of Topliss-reactive ketones (excluding diaryl/α,β-unsaturated/α-hetero) is 1. The van der Waals surface area contributed by atoms with Crippen LogP contribution in [0.5, 0.6) is 5.75 Å². The fourth-order valence-corrected chi connectivity index (χ4v) is 6.61. The molecule has 6 aromatic carbocycles. The number of hydrogen-bond donors (Lipinski definition) is 1. The number of hydrogen-bond acceptors (Lipinski definition) is 4. The Morgan fingerprint density at radius 2 is 1.16 bits per heavy atom. The van der Waals surface area contributed by atoms with Gasteiger partial charge in [-0.3, -0.25) is 23.9 Å². The maximum Gasteiger partial charge on any atom is 0.266 e. The van der Waals surface area contributed by atoms with E-state index in [1.807, 2.05) is 127 Å². The molecule has 0 fully saturated rings. The maximum atomic E-state index is 14.0. The monoisotopic (exact) mass is 636 g/mol. The van der Waals surface area contributed by atoms with Gasteiger partial charge in [0.05, 0.1) is 22.3 Å². The van der Waals surface area contributed by atoms with E-state index >= 15 is 0 Å². The number of allylic oxidation sites excluding steroid dienone is 4. The first-order valence-electron chi connectivity index (χ1n) is 15.9. The summed E-state index contributed by atoms with van der Waals surface area (Å²) >= 11 is 0. The van der Waals surface area contributed by atoms with E-state index in [9.17, 15) is 19.5 Å². The SMILES string of the molecule is O=C1C(=CC=CC=Cc2c(O)c3ccc4ccccc4c3n(-c3ccccc3)c2=O)C(=O)N(c2ccccc2)c2c1ccc1ccccc21. The first kappa shape index (κ1) is 29.6. The summed E-state index contributed by atoms with van der Waals surface area (Å²) in [5.41, 5.74) is 2.70. The fourth-order valence-electron chi connectivity index (χ4n) is 6.61. The molecule has 0 spiro atoms. The van der Waals surface area contributed by atoms with Crippen molar-refractivity contribution in [2.24, 2.45) is 0 Å². The molecule has 234 valence electrons. The number of rotatable bonds is 5. The summed E-state index contributed by atoms with van der Waals surface area (Å²) in [7, 11) is 0. The number of amides is 1. The van der Waals surface area contributed by atoms with Crippen molar-refractivity contribution in [3.8, 4) is 11.4 Å². The summed E-state index contributed by atoms with van der Waals surface area (Å²) in [6.07, 6.45) is 7.88. The van der Waals surface area contributed by atoms with Crippen LogP contribution in [0.15, 0.2) is 168 Å². The molecule has 6 nitrogen and oxygen atoms in total. The quantitative estimate of drug-likeness (QED) is 0.0885. The molecule has 0 aliphatic carbocycles. The largest absolute Gasteiger partial charge is 0.506 e. The van der Waals surface area contributed by atoms with Crippen LogP contribution in [0.2, 0.25) is 0 Å². The molecular weight excluding hydrogens is 608 g/mol. The number of carbonyl (C=O) groups is 2. The van der Waals surface area contributed by atoms with Crippen molar-refractivity contribution in [3.05, 3.63) is 185 Å². The van der Waals surface area contributed by atoms with Crippen LogP contribution in [-0.4, -0.2) is 21.4 Å². The van der Waals surface area contributed by atoms with Crippen LogP contribution in [0.3, 0.4) is 0 Å². The first-order valence-corrected chi connectivity index (χ1v) is 15.9. The lowest BCUT2D eigenvalue weighted by Crippen LogP contribution is -2.36. The topological polar surface area (TPSA) is 79.6 Å². The number of aromatic nitrogens is 1. The van der Waals surface area contributed by atoms with E-state index in [0.717, 1.165) is 21.5 Å². The van der Waals surface area contributed by atoms with Crippen LogP contribution in [-0.2, 0) is 4.79 Å². The standard InChI is InChI=1S/C43H28N2O4/c46-40-34-26-24-28-14-10-12-20-32(28)38(34)44(30-16-4-1-5-17-30)42(48)36(40)22-8-3-9-23-37-41(47)35-27-25-29-15-11-13-21-33(29)39(35)45(43(37)49)31-18-6-2-7-19-31/h1-27,46H. The van der Waals surface area contributed by atoms with Gasteiger partial charge in [-0.05, 0) is 59.3 Å². The van der Waals surface area contributed by atoms with Crippen molar-refractivity contribution in [1.82, 2.24) is 4.57 Å². The number of carbonyl (C=O) groups excluding carboxylic acids is 2. The summed E-state index contributed by atoms with van der Waals surface area (Å²) in [4.78, 5) is 43.4. The van der Waals surface area contributed by atoms with Gasteiger partial charge in [-0.25, -0.2) is 0 Å².